The van der Waals surface area contributed by atoms with Crippen LogP contribution in [0.2, 0.25) is 0 Å². The summed E-state index contributed by atoms with van der Waals surface area (Å²) >= 11 is 6.34. The minimum absolute atomic E-state index is 0.00164. The molecule has 0 spiro atoms. The molecule has 2 atom stereocenters. The molecule has 2 saturated heterocycles. The number of hydrogen-bond donors (Lipinski definition) is 0. The topological polar surface area (TPSA) is 171 Å². The highest BCUT2D eigenvalue weighted by Gasteiger charge is 2.34. The summed E-state index contributed by atoms with van der Waals surface area (Å²) in [7, 11) is 0. The predicted molar refractivity (Wildman–Crippen MR) is 205 cm³/mol. The standard InChI is InChI=1S/C20H18N4O2S.C18H15BrN6OS/c1-13-8-9-17(27-13)20(25)24-10-3-2-7-16(24)19-22-18(23-26-19)15-6-4-5-14(11-15)12-21;19-16-8-7-15(27-16)18(26)24-9-2-1-6-14(24)17-21-23-25(22-17)13-5-3-4-12(10-13)11-20/h4-6,8-9,11,16H,2-3,7,10H2,1H3;3-5,7-8,10,14H,1-2,6,9H2. The Morgan fingerprint density at radius 1 is 0.833 bits per heavy atom. The van der Waals surface area contributed by atoms with Gasteiger partial charge in [0.25, 0.3) is 11.8 Å². The van der Waals surface area contributed by atoms with Crippen LogP contribution in [0.3, 0.4) is 0 Å². The lowest BCUT2D eigenvalue weighted by atomic mass is 10.0. The first-order valence-corrected chi connectivity index (χ1v) is 19.8. The number of aryl methyl sites for hydroxylation is 1. The average Bonchev–Trinajstić information content (AvgIpc) is 4.06. The largest absolute Gasteiger partial charge is 0.337 e. The first-order chi connectivity index (χ1) is 26.3. The number of amides is 2. The number of nitrogens with zero attached hydrogens (tertiary/aromatic N) is 10. The van der Waals surface area contributed by atoms with Gasteiger partial charge in [0.15, 0.2) is 5.82 Å². The molecule has 0 radical (unpaired) electrons. The van der Waals surface area contributed by atoms with Gasteiger partial charge in [-0.25, -0.2) is 0 Å². The van der Waals surface area contributed by atoms with Crippen molar-refractivity contribution >= 4 is 50.4 Å². The molecular weight excluding hydrogens is 789 g/mol. The predicted octanol–water partition coefficient (Wildman–Crippen LogP) is 8.07. The van der Waals surface area contributed by atoms with Gasteiger partial charge in [-0.2, -0.15) is 15.5 Å². The molecule has 2 aromatic carbocycles. The quantitative estimate of drug-likeness (QED) is 0.160. The van der Waals surface area contributed by atoms with Crippen molar-refractivity contribution in [3.63, 3.8) is 0 Å². The van der Waals surface area contributed by atoms with Crippen LogP contribution in [0.4, 0.5) is 0 Å². The van der Waals surface area contributed by atoms with Gasteiger partial charge in [-0.05, 0) is 121 Å². The summed E-state index contributed by atoms with van der Waals surface area (Å²) in [6.07, 6.45) is 5.57. The molecule has 0 bridgehead atoms. The number of likely N-dealkylation sites (tertiary alicyclic amines) is 2. The highest BCUT2D eigenvalue weighted by Crippen LogP contribution is 2.34. The zero-order valence-electron chi connectivity index (χ0n) is 29.1. The summed E-state index contributed by atoms with van der Waals surface area (Å²) in [5, 5.41) is 35.0. The van der Waals surface area contributed by atoms with Crippen LogP contribution < -0.4 is 0 Å². The number of tetrazole rings is 1. The number of halogens is 1. The van der Waals surface area contributed by atoms with Crippen LogP contribution in [-0.4, -0.2) is 65.1 Å². The molecular formula is C38H33BrN10O3S2. The lowest BCUT2D eigenvalue weighted by Gasteiger charge is -2.33. The Bertz CT molecular complexity index is 2210. The van der Waals surface area contributed by atoms with Crippen molar-refractivity contribution in [2.75, 3.05) is 13.1 Å². The van der Waals surface area contributed by atoms with E-state index in [2.05, 4.69) is 53.6 Å². The first-order valence-electron chi connectivity index (χ1n) is 17.4. The van der Waals surface area contributed by atoms with E-state index in [0.717, 1.165) is 57.6 Å². The maximum Gasteiger partial charge on any atom is 0.264 e. The fourth-order valence-corrected chi connectivity index (χ4v) is 8.69. The van der Waals surface area contributed by atoms with E-state index in [1.807, 2.05) is 53.1 Å². The summed E-state index contributed by atoms with van der Waals surface area (Å²) in [4.78, 5) is 38.1. The zero-order valence-corrected chi connectivity index (χ0v) is 32.4. The lowest BCUT2D eigenvalue weighted by Crippen LogP contribution is -2.38. The maximum absolute atomic E-state index is 13.0. The van der Waals surface area contributed by atoms with E-state index >= 15 is 0 Å². The Morgan fingerprint density at radius 2 is 1.50 bits per heavy atom. The number of rotatable bonds is 6. The first kappa shape index (κ1) is 36.8. The van der Waals surface area contributed by atoms with E-state index in [9.17, 15) is 9.59 Å². The normalized spacial score (nSPS) is 16.9. The molecule has 16 heteroatoms. The van der Waals surface area contributed by atoms with Crippen LogP contribution in [0.25, 0.3) is 17.1 Å². The number of benzene rings is 2. The zero-order chi connectivity index (χ0) is 37.6. The summed E-state index contributed by atoms with van der Waals surface area (Å²) in [6.45, 7) is 3.36. The van der Waals surface area contributed by atoms with Gasteiger partial charge in [0, 0.05) is 23.5 Å². The molecule has 2 unspecified atom stereocenters. The van der Waals surface area contributed by atoms with E-state index in [1.165, 1.54) is 27.5 Å². The van der Waals surface area contributed by atoms with Crippen LogP contribution >= 0.6 is 38.6 Å². The van der Waals surface area contributed by atoms with Crippen LogP contribution in [0, 0.1) is 29.6 Å². The SMILES string of the molecule is Cc1ccc(C(=O)N2CCCCC2c2nc(-c3cccc(C#N)c3)no2)s1.N#Cc1cccc(-n2nnc(C3CCCCN3C(=O)c3ccc(Br)s3)n2)c1. The van der Waals surface area contributed by atoms with Gasteiger partial charge in [-0.1, -0.05) is 23.4 Å². The van der Waals surface area contributed by atoms with Crippen LogP contribution in [-0.2, 0) is 0 Å². The number of piperidine rings is 2. The number of hydrogen-bond acceptors (Lipinski definition) is 12. The second-order valence-electron chi connectivity index (χ2n) is 12.8. The molecule has 4 aromatic heterocycles. The number of aromatic nitrogens is 6. The van der Waals surface area contributed by atoms with Crippen molar-refractivity contribution in [1.29, 1.82) is 10.5 Å². The molecule has 272 valence electrons. The Labute approximate surface area is 327 Å². The summed E-state index contributed by atoms with van der Waals surface area (Å²) in [5.74, 6) is 1.43. The molecule has 2 fully saturated rings. The van der Waals surface area contributed by atoms with Gasteiger partial charge in [0.05, 0.1) is 48.5 Å². The molecule has 2 aliphatic heterocycles. The number of carbonyl (C=O) groups is 2. The molecule has 6 heterocycles. The Hall–Kier alpha value is -5.55. The number of carbonyl (C=O) groups excluding carboxylic acids is 2. The second kappa shape index (κ2) is 16.6. The van der Waals surface area contributed by atoms with Crippen molar-refractivity contribution in [1.82, 2.24) is 40.1 Å². The number of nitriles is 2. The fraction of sp³-hybridized carbons (Fsp3) is 0.289. The van der Waals surface area contributed by atoms with Gasteiger partial charge in [-0.3, -0.25) is 9.59 Å². The molecule has 0 N–H and O–H groups in total. The van der Waals surface area contributed by atoms with Crippen molar-refractivity contribution in [2.45, 2.75) is 57.5 Å². The van der Waals surface area contributed by atoms with Crippen LogP contribution in [0.15, 0.2) is 81.1 Å². The average molecular weight is 822 g/mol. The Balaban J connectivity index is 0.000000167. The third-order valence-electron chi connectivity index (χ3n) is 9.17. The number of thiophene rings is 2. The van der Waals surface area contributed by atoms with E-state index in [0.29, 0.717) is 52.3 Å². The highest BCUT2D eigenvalue weighted by atomic mass is 79.9. The van der Waals surface area contributed by atoms with E-state index < -0.39 is 0 Å². The maximum atomic E-state index is 13.0. The molecule has 2 amide bonds. The van der Waals surface area contributed by atoms with Gasteiger partial charge < -0.3 is 14.3 Å². The van der Waals surface area contributed by atoms with Crippen molar-refractivity contribution < 1.29 is 14.1 Å². The van der Waals surface area contributed by atoms with Crippen molar-refractivity contribution in [3.05, 3.63) is 114 Å². The molecule has 0 aliphatic carbocycles. The van der Waals surface area contributed by atoms with Crippen LogP contribution in [0.5, 0.6) is 0 Å². The van der Waals surface area contributed by atoms with Gasteiger partial charge in [0.2, 0.25) is 11.7 Å². The van der Waals surface area contributed by atoms with Gasteiger partial charge in [0.1, 0.15) is 6.04 Å². The molecule has 0 saturated carbocycles. The minimum atomic E-state index is -0.214. The molecule has 8 rings (SSSR count). The smallest absolute Gasteiger partial charge is 0.264 e. The van der Waals surface area contributed by atoms with Crippen molar-refractivity contribution in [3.8, 4) is 29.2 Å². The van der Waals surface area contributed by atoms with E-state index in [1.54, 1.807) is 36.4 Å². The van der Waals surface area contributed by atoms with Crippen LogP contribution in [0.1, 0.15) is 97.7 Å². The fourth-order valence-electron chi connectivity index (χ4n) is 6.52. The van der Waals surface area contributed by atoms with E-state index in [-0.39, 0.29) is 23.9 Å². The Morgan fingerprint density at radius 3 is 2.19 bits per heavy atom. The monoisotopic (exact) mass is 820 g/mol. The molecule has 6 aromatic rings. The third kappa shape index (κ3) is 8.16. The molecule has 13 nitrogen and oxygen atoms in total. The third-order valence-corrected chi connectivity index (χ3v) is 11.8. The molecule has 2 aliphatic rings. The van der Waals surface area contributed by atoms with Gasteiger partial charge in [-0.15, -0.1) is 37.7 Å². The summed E-state index contributed by atoms with van der Waals surface area (Å²) in [5.41, 5.74) is 2.47. The minimum Gasteiger partial charge on any atom is -0.337 e. The van der Waals surface area contributed by atoms with E-state index in [4.69, 9.17) is 15.0 Å². The molecule has 54 heavy (non-hydrogen) atoms. The lowest BCUT2D eigenvalue weighted by molar-refractivity contribution is 0.0565. The summed E-state index contributed by atoms with van der Waals surface area (Å²) < 4.78 is 6.45. The Kier molecular flexibility index (Phi) is 11.3. The highest BCUT2D eigenvalue weighted by molar-refractivity contribution is 9.11. The second-order valence-corrected chi connectivity index (χ2v) is 16.5. The summed E-state index contributed by atoms with van der Waals surface area (Å²) in [6, 6.07) is 25.5. The van der Waals surface area contributed by atoms with Crippen molar-refractivity contribution in [2.24, 2.45) is 0 Å². The van der Waals surface area contributed by atoms with Gasteiger partial charge >= 0.3 is 0 Å².